The number of carbonyl (C=O) groups is 3. The minimum Gasteiger partial charge on any atom is -1.00 e. The number of non-ortho nitro benzene ring substituents is 1. The molecule has 1 aromatic carbocycles. The molecular formula is C18H22ClN5O5. The van der Waals surface area contributed by atoms with E-state index in [-0.39, 0.29) is 23.7 Å². The fourth-order valence-corrected chi connectivity index (χ4v) is 3.35. The van der Waals surface area contributed by atoms with Crippen LogP contribution in [0.15, 0.2) is 23.8 Å². The summed E-state index contributed by atoms with van der Waals surface area (Å²) in [5.41, 5.74) is 0.741. The van der Waals surface area contributed by atoms with Gasteiger partial charge in [-0.15, -0.1) is 0 Å². The SMILES string of the molecule is CC(C)N1C(=O)NC(=O)/C(=C/c2cc([N+](=O)[O-])ccc2N2CC[NH2+]CC2)C1=O.[Cl-]. The summed E-state index contributed by atoms with van der Waals surface area (Å²) in [7, 11) is 0. The second kappa shape index (κ2) is 9.01. The smallest absolute Gasteiger partial charge is 0.331 e. The lowest BCUT2D eigenvalue weighted by molar-refractivity contribution is -0.655. The van der Waals surface area contributed by atoms with Crippen LogP contribution in [0, 0.1) is 10.1 Å². The van der Waals surface area contributed by atoms with Gasteiger partial charge in [-0.05, 0) is 26.0 Å². The molecule has 2 saturated heterocycles. The molecule has 0 unspecified atom stereocenters. The molecule has 0 atom stereocenters. The molecule has 0 aliphatic carbocycles. The van der Waals surface area contributed by atoms with Gasteiger partial charge in [0.1, 0.15) is 5.57 Å². The van der Waals surface area contributed by atoms with Gasteiger partial charge < -0.3 is 22.6 Å². The number of benzene rings is 1. The Balaban J connectivity index is 0.00000300. The molecule has 2 fully saturated rings. The number of piperazine rings is 1. The van der Waals surface area contributed by atoms with E-state index in [9.17, 15) is 24.5 Å². The van der Waals surface area contributed by atoms with E-state index in [1.54, 1.807) is 19.9 Å². The predicted molar refractivity (Wildman–Crippen MR) is 100 cm³/mol. The first-order valence-corrected chi connectivity index (χ1v) is 9.05. The number of nitro benzene ring substituents is 1. The number of urea groups is 1. The summed E-state index contributed by atoms with van der Waals surface area (Å²) in [6, 6.07) is 3.17. The number of carbonyl (C=O) groups excluding carboxylic acids is 3. The van der Waals surface area contributed by atoms with Gasteiger partial charge in [-0.3, -0.25) is 29.9 Å². The van der Waals surface area contributed by atoms with Crippen molar-refractivity contribution >= 4 is 35.3 Å². The number of quaternary nitrogens is 1. The Hall–Kier alpha value is -2.98. The topological polar surface area (TPSA) is 129 Å². The third kappa shape index (κ3) is 4.54. The molecule has 0 spiro atoms. The van der Waals surface area contributed by atoms with E-state index < -0.39 is 28.8 Å². The summed E-state index contributed by atoms with van der Waals surface area (Å²) in [5, 5.41) is 15.5. The lowest BCUT2D eigenvalue weighted by Gasteiger charge is -2.30. The molecule has 4 amide bonds. The van der Waals surface area contributed by atoms with Gasteiger partial charge in [0, 0.05) is 29.4 Å². The molecule has 0 bridgehead atoms. The van der Waals surface area contributed by atoms with Crippen molar-refractivity contribution in [2.45, 2.75) is 19.9 Å². The number of hydrogen-bond acceptors (Lipinski definition) is 6. The molecule has 11 heteroatoms. The average Bonchev–Trinajstić information content (AvgIpc) is 2.65. The normalized spacial score (nSPS) is 18.7. The minimum absolute atomic E-state index is 0. The molecule has 2 aliphatic rings. The zero-order chi connectivity index (χ0) is 20.4. The first kappa shape index (κ1) is 22.3. The van der Waals surface area contributed by atoms with Crippen molar-refractivity contribution < 1.29 is 37.0 Å². The van der Waals surface area contributed by atoms with Gasteiger partial charge in [0.25, 0.3) is 17.5 Å². The summed E-state index contributed by atoms with van der Waals surface area (Å²) in [6.45, 7) is 6.56. The first-order valence-electron chi connectivity index (χ1n) is 9.05. The number of amides is 4. The van der Waals surface area contributed by atoms with Crippen molar-refractivity contribution in [3.05, 3.63) is 39.4 Å². The van der Waals surface area contributed by atoms with Crippen LogP contribution in [0.3, 0.4) is 0 Å². The van der Waals surface area contributed by atoms with Crippen LogP contribution in [0.4, 0.5) is 16.2 Å². The van der Waals surface area contributed by atoms with Gasteiger partial charge in [-0.2, -0.15) is 0 Å². The monoisotopic (exact) mass is 423 g/mol. The summed E-state index contributed by atoms with van der Waals surface area (Å²) in [6.07, 6.45) is 1.33. The Kier molecular flexibility index (Phi) is 6.93. The summed E-state index contributed by atoms with van der Waals surface area (Å²) < 4.78 is 0. The lowest BCUT2D eigenvalue weighted by atomic mass is 10.0. The highest BCUT2D eigenvalue weighted by Crippen LogP contribution is 2.29. The molecule has 2 aliphatic heterocycles. The van der Waals surface area contributed by atoms with Gasteiger partial charge in [0.05, 0.1) is 31.1 Å². The standard InChI is InChI=1S/C18H21N5O5.ClH/c1-11(2)22-17(25)14(16(24)20-18(22)26)10-12-9-13(23(27)28)3-4-15(12)21-7-5-19-6-8-21;/h3-4,9-11,19H,5-8H2,1-2H3,(H,20,24,26);1H/b14-10-;. The minimum atomic E-state index is -0.809. The van der Waals surface area contributed by atoms with E-state index in [1.807, 2.05) is 0 Å². The van der Waals surface area contributed by atoms with Crippen LogP contribution in [0.2, 0.25) is 0 Å². The Morgan fingerprint density at radius 3 is 2.45 bits per heavy atom. The molecule has 3 N–H and O–H groups in total. The number of rotatable bonds is 4. The molecule has 10 nitrogen and oxygen atoms in total. The molecular weight excluding hydrogens is 402 g/mol. The second-order valence-electron chi connectivity index (χ2n) is 6.94. The maximum absolute atomic E-state index is 12.7. The van der Waals surface area contributed by atoms with Crippen LogP contribution < -0.4 is 27.9 Å². The average molecular weight is 424 g/mol. The van der Waals surface area contributed by atoms with Crippen molar-refractivity contribution in [3.8, 4) is 0 Å². The number of nitrogens with two attached hydrogens (primary N) is 1. The summed E-state index contributed by atoms with van der Waals surface area (Å²) in [5.74, 6) is -1.52. The molecule has 1 aromatic rings. The Bertz CT molecular complexity index is 879. The fourth-order valence-electron chi connectivity index (χ4n) is 3.35. The Labute approximate surface area is 173 Å². The number of anilines is 1. The molecule has 0 aromatic heterocycles. The highest BCUT2D eigenvalue weighted by atomic mass is 35.5. The number of imide groups is 2. The van der Waals surface area contributed by atoms with Gasteiger partial charge in [0.15, 0.2) is 0 Å². The molecule has 0 radical (unpaired) electrons. The number of nitrogens with zero attached hydrogens (tertiary/aromatic N) is 3. The van der Waals surface area contributed by atoms with Crippen LogP contribution in [0.25, 0.3) is 6.08 Å². The van der Waals surface area contributed by atoms with Crippen LogP contribution >= 0.6 is 0 Å². The number of halogens is 1. The molecule has 3 rings (SSSR count). The maximum atomic E-state index is 12.7. The molecule has 0 saturated carbocycles. The van der Waals surface area contributed by atoms with Crippen LogP contribution in [-0.4, -0.2) is 59.9 Å². The van der Waals surface area contributed by atoms with E-state index in [4.69, 9.17) is 0 Å². The van der Waals surface area contributed by atoms with Crippen molar-refractivity contribution in [3.63, 3.8) is 0 Å². The lowest BCUT2D eigenvalue weighted by Crippen LogP contribution is -3.00. The third-order valence-corrected chi connectivity index (χ3v) is 4.72. The zero-order valence-electron chi connectivity index (χ0n) is 16.1. The first-order chi connectivity index (χ1) is 13.3. The number of hydrogen-bond donors (Lipinski definition) is 2. The fraction of sp³-hybridized carbons (Fsp3) is 0.389. The summed E-state index contributed by atoms with van der Waals surface area (Å²) >= 11 is 0. The van der Waals surface area contributed by atoms with Crippen LogP contribution in [-0.2, 0) is 9.59 Å². The van der Waals surface area contributed by atoms with Crippen molar-refractivity contribution in [2.75, 3.05) is 31.1 Å². The van der Waals surface area contributed by atoms with Gasteiger partial charge in [-0.1, -0.05) is 0 Å². The molecule has 2 heterocycles. The van der Waals surface area contributed by atoms with Gasteiger partial charge >= 0.3 is 6.03 Å². The number of barbiturate groups is 1. The van der Waals surface area contributed by atoms with E-state index in [2.05, 4.69) is 15.5 Å². The van der Waals surface area contributed by atoms with Crippen LogP contribution in [0.1, 0.15) is 19.4 Å². The highest BCUT2D eigenvalue weighted by Gasteiger charge is 2.37. The molecule has 29 heavy (non-hydrogen) atoms. The largest absolute Gasteiger partial charge is 1.00 e. The Morgan fingerprint density at radius 1 is 1.21 bits per heavy atom. The second-order valence-corrected chi connectivity index (χ2v) is 6.94. The number of nitro groups is 1. The number of nitrogens with one attached hydrogen (secondary N) is 1. The van der Waals surface area contributed by atoms with Crippen molar-refractivity contribution in [2.24, 2.45) is 0 Å². The van der Waals surface area contributed by atoms with E-state index in [1.165, 1.54) is 18.2 Å². The zero-order valence-corrected chi connectivity index (χ0v) is 16.8. The van der Waals surface area contributed by atoms with E-state index >= 15 is 0 Å². The molecule has 156 valence electrons. The third-order valence-electron chi connectivity index (χ3n) is 4.72. The van der Waals surface area contributed by atoms with Gasteiger partial charge in [0.2, 0.25) is 0 Å². The van der Waals surface area contributed by atoms with Crippen molar-refractivity contribution in [1.29, 1.82) is 0 Å². The highest BCUT2D eigenvalue weighted by molar-refractivity contribution is 6.31. The van der Waals surface area contributed by atoms with Crippen molar-refractivity contribution in [1.82, 2.24) is 10.2 Å². The van der Waals surface area contributed by atoms with Gasteiger partial charge in [-0.25, -0.2) is 4.79 Å². The summed E-state index contributed by atoms with van der Waals surface area (Å²) in [4.78, 5) is 50.7. The van der Waals surface area contributed by atoms with Crippen LogP contribution in [0.5, 0.6) is 0 Å². The van der Waals surface area contributed by atoms with E-state index in [0.29, 0.717) is 11.3 Å². The quantitative estimate of drug-likeness (QED) is 0.228. The van der Waals surface area contributed by atoms with E-state index in [0.717, 1.165) is 31.1 Å². The maximum Gasteiger partial charge on any atom is 0.331 e. The predicted octanol–water partition coefficient (Wildman–Crippen LogP) is -3.15. The Morgan fingerprint density at radius 2 is 1.86 bits per heavy atom.